The first-order chi connectivity index (χ1) is 11.4. The monoisotopic (exact) mass is 333 g/mol. The van der Waals surface area contributed by atoms with Gasteiger partial charge in [-0.1, -0.05) is 13.0 Å². The first-order valence-corrected chi connectivity index (χ1v) is 7.34. The maximum atomic E-state index is 13.8. The summed E-state index contributed by atoms with van der Waals surface area (Å²) in [6, 6.07) is 5.36. The number of rotatable bonds is 3. The highest BCUT2D eigenvalue weighted by Crippen LogP contribution is 2.22. The molecule has 0 radical (unpaired) electrons. The fourth-order valence-electron chi connectivity index (χ4n) is 2.49. The van der Waals surface area contributed by atoms with E-state index >= 15 is 0 Å². The summed E-state index contributed by atoms with van der Waals surface area (Å²) >= 11 is 0. The molecular formula is C17H14F3N3O. The Balaban J connectivity index is 2.06. The van der Waals surface area contributed by atoms with E-state index in [9.17, 15) is 18.0 Å². The molecule has 3 rings (SSSR count). The van der Waals surface area contributed by atoms with E-state index in [0.29, 0.717) is 17.8 Å². The van der Waals surface area contributed by atoms with Crippen molar-refractivity contribution in [3.63, 3.8) is 0 Å². The molecular weight excluding hydrogens is 319 g/mol. The van der Waals surface area contributed by atoms with E-state index in [2.05, 4.69) is 10.3 Å². The van der Waals surface area contributed by atoms with Crippen LogP contribution in [0.25, 0.3) is 5.65 Å². The minimum atomic E-state index is -1.63. The van der Waals surface area contributed by atoms with Crippen molar-refractivity contribution >= 4 is 17.2 Å². The first kappa shape index (κ1) is 16.0. The fraction of sp³-hybridized carbons (Fsp3) is 0.176. The zero-order chi connectivity index (χ0) is 17.4. The van der Waals surface area contributed by atoms with Gasteiger partial charge >= 0.3 is 0 Å². The van der Waals surface area contributed by atoms with E-state index in [1.807, 2.05) is 19.9 Å². The highest BCUT2D eigenvalue weighted by Gasteiger charge is 2.21. The van der Waals surface area contributed by atoms with Crippen molar-refractivity contribution in [2.75, 3.05) is 5.32 Å². The summed E-state index contributed by atoms with van der Waals surface area (Å²) in [6.07, 6.45) is 2.22. The Hall–Kier alpha value is -2.83. The van der Waals surface area contributed by atoms with E-state index in [1.54, 1.807) is 16.7 Å². The van der Waals surface area contributed by atoms with Gasteiger partial charge in [0.2, 0.25) is 0 Å². The third-order valence-electron chi connectivity index (χ3n) is 3.67. The van der Waals surface area contributed by atoms with Gasteiger partial charge in [-0.2, -0.15) is 0 Å². The molecule has 2 aromatic heterocycles. The molecule has 0 aliphatic carbocycles. The van der Waals surface area contributed by atoms with Gasteiger partial charge in [0, 0.05) is 6.20 Å². The Morgan fingerprint density at radius 3 is 2.62 bits per heavy atom. The van der Waals surface area contributed by atoms with Crippen molar-refractivity contribution in [3.8, 4) is 0 Å². The van der Waals surface area contributed by atoms with Crippen LogP contribution in [0.4, 0.5) is 18.9 Å². The van der Waals surface area contributed by atoms with Gasteiger partial charge in [0.25, 0.3) is 5.91 Å². The van der Waals surface area contributed by atoms with E-state index < -0.39 is 29.0 Å². The van der Waals surface area contributed by atoms with Crippen LogP contribution in [0.1, 0.15) is 28.7 Å². The number of aryl methyl sites for hydroxylation is 2. The lowest BCUT2D eigenvalue weighted by atomic mass is 10.2. The molecule has 0 bridgehead atoms. The SMILES string of the molecule is CCc1nc2ccc(C)cn2c1C(=O)Nc1ccc(F)c(F)c1F. The summed E-state index contributed by atoms with van der Waals surface area (Å²) in [5, 5.41) is 2.29. The lowest BCUT2D eigenvalue weighted by molar-refractivity contribution is 0.102. The quantitative estimate of drug-likeness (QED) is 0.740. The number of aromatic nitrogens is 2. The number of carbonyl (C=O) groups is 1. The van der Waals surface area contributed by atoms with E-state index in [4.69, 9.17) is 0 Å². The van der Waals surface area contributed by atoms with E-state index in [0.717, 1.165) is 17.7 Å². The lowest BCUT2D eigenvalue weighted by Gasteiger charge is -2.08. The second kappa shape index (κ2) is 5.99. The summed E-state index contributed by atoms with van der Waals surface area (Å²) in [5.41, 5.74) is 1.83. The molecule has 1 aromatic carbocycles. The predicted molar refractivity (Wildman–Crippen MR) is 83.6 cm³/mol. The third kappa shape index (κ3) is 2.62. The van der Waals surface area contributed by atoms with Crippen LogP contribution in [0.2, 0.25) is 0 Å². The highest BCUT2D eigenvalue weighted by molar-refractivity contribution is 6.04. The van der Waals surface area contributed by atoms with Crippen LogP contribution in [-0.2, 0) is 6.42 Å². The average molecular weight is 333 g/mol. The molecule has 1 N–H and O–H groups in total. The number of hydrogen-bond acceptors (Lipinski definition) is 2. The normalized spacial score (nSPS) is 11.0. The maximum Gasteiger partial charge on any atom is 0.274 e. The Morgan fingerprint density at radius 1 is 1.17 bits per heavy atom. The van der Waals surface area contributed by atoms with Crippen molar-refractivity contribution in [2.45, 2.75) is 20.3 Å². The zero-order valence-corrected chi connectivity index (χ0v) is 13.0. The molecule has 0 saturated heterocycles. The molecule has 7 heteroatoms. The molecule has 4 nitrogen and oxygen atoms in total. The number of benzene rings is 1. The minimum Gasteiger partial charge on any atom is -0.318 e. The summed E-state index contributed by atoms with van der Waals surface area (Å²) in [4.78, 5) is 16.9. The van der Waals surface area contributed by atoms with Gasteiger partial charge in [0.05, 0.1) is 11.4 Å². The maximum absolute atomic E-state index is 13.8. The number of nitrogens with zero attached hydrogens (tertiary/aromatic N) is 2. The number of imidazole rings is 1. The van der Waals surface area contributed by atoms with Crippen molar-refractivity contribution in [2.24, 2.45) is 0 Å². The third-order valence-corrected chi connectivity index (χ3v) is 3.67. The molecule has 24 heavy (non-hydrogen) atoms. The standard InChI is InChI=1S/C17H14F3N3O/c1-3-11-16(23-8-9(2)4-7-13(23)21-11)17(24)22-12-6-5-10(18)14(19)15(12)20/h4-8H,3H2,1-2H3,(H,22,24). The summed E-state index contributed by atoms with van der Waals surface area (Å²) < 4.78 is 41.7. The number of halogens is 3. The molecule has 0 fully saturated rings. The molecule has 0 aliphatic rings. The largest absolute Gasteiger partial charge is 0.318 e. The number of nitrogens with one attached hydrogen (secondary N) is 1. The molecule has 0 saturated carbocycles. The number of anilines is 1. The molecule has 0 atom stereocenters. The van der Waals surface area contributed by atoms with Crippen LogP contribution in [0.3, 0.4) is 0 Å². The molecule has 124 valence electrons. The van der Waals surface area contributed by atoms with Crippen molar-refractivity contribution in [3.05, 3.63) is 64.9 Å². The van der Waals surface area contributed by atoms with Gasteiger partial charge in [-0.3, -0.25) is 9.20 Å². The Bertz CT molecular complexity index is 950. The van der Waals surface area contributed by atoms with Gasteiger partial charge in [-0.15, -0.1) is 0 Å². The Labute approximate surface area is 135 Å². The molecule has 1 amide bonds. The zero-order valence-electron chi connectivity index (χ0n) is 13.0. The van der Waals surface area contributed by atoms with Crippen LogP contribution >= 0.6 is 0 Å². The molecule has 0 spiro atoms. The number of hydrogen-bond donors (Lipinski definition) is 1. The number of pyridine rings is 1. The summed E-state index contributed by atoms with van der Waals surface area (Å²) in [7, 11) is 0. The van der Waals surface area contributed by atoms with Crippen LogP contribution in [-0.4, -0.2) is 15.3 Å². The average Bonchev–Trinajstić information content (AvgIpc) is 2.93. The van der Waals surface area contributed by atoms with Crippen LogP contribution in [0, 0.1) is 24.4 Å². The van der Waals surface area contributed by atoms with Gasteiger partial charge < -0.3 is 5.32 Å². The number of fused-ring (bicyclic) bond motifs is 1. The topological polar surface area (TPSA) is 46.4 Å². The van der Waals surface area contributed by atoms with Crippen molar-refractivity contribution in [1.29, 1.82) is 0 Å². The fourth-order valence-corrected chi connectivity index (χ4v) is 2.49. The van der Waals surface area contributed by atoms with Gasteiger partial charge in [-0.05, 0) is 37.1 Å². The second-order valence-electron chi connectivity index (χ2n) is 5.37. The van der Waals surface area contributed by atoms with Crippen LogP contribution in [0.15, 0.2) is 30.5 Å². The van der Waals surface area contributed by atoms with E-state index in [-0.39, 0.29) is 5.69 Å². The first-order valence-electron chi connectivity index (χ1n) is 7.34. The highest BCUT2D eigenvalue weighted by atomic mass is 19.2. The van der Waals surface area contributed by atoms with Crippen LogP contribution in [0.5, 0.6) is 0 Å². The number of amides is 1. The van der Waals surface area contributed by atoms with Gasteiger partial charge in [-0.25, -0.2) is 18.2 Å². The van der Waals surface area contributed by atoms with Crippen molar-refractivity contribution in [1.82, 2.24) is 9.38 Å². The molecule has 3 aromatic rings. The molecule has 0 aliphatic heterocycles. The second-order valence-corrected chi connectivity index (χ2v) is 5.37. The predicted octanol–water partition coefficient (Wildman–Crippen LogP) is 3.87. The molecule has 0 unspecified atom stereocenters. The van der Waals surface area contributed by atoms with Gasteiger partial charge in [0.1, 0.15) is 11.3 Å². The Morgan fingerprint density at radius 2 is 1.92 bits per heavy atom. The minimum absolute atomic E-state index is 0.236. The summed E-state index contributed by atoms with van der Waals surface area (Å²) in [6.45, 7) is 3.70. The van der Waals surface area contributed by atoms with Gasteiger partial charge in [0.15, 0.2) is 17.5 Å². The van der Waals surface area contributed by atoms with E-state index in [1.165, 1.54) is 0 Å². The Kier molecular flexibility index (Phi) is 4.01. The molecule has 2 heterocycles. The lowest BCUT2D eigenvalue weighted by Crippen LogP contribution is -2.17. The van der Waals surface area contributed by atoms with Crippen molar-refractivity contribution < 1.29 is 18.0 Å². The summed E-state index contributed by atoms with van der Waals surface area (Å²) in [5.74, 6) is -5.02. The van der Waals surface area contributed by atoms with Crippen LogP contribution < -0.4 is 5.32 Å². The smallest absolute Gasteiger partial charge is 0.274 e. The number of carbonyl (C=O) groups excluding carboxylic acids is 1.